The van der Waals surface area contributed by atoms with Gasteiger partial charge in [-0.15, -0.1) is 0 Å². The molecule has 1 aromatic carbocycles. The first-order valence-electron chi connectivity index (χ1n) is 10.8. The normalized spacial score (nSPS) is 27.8. The molecular weight excluding hydrogens is 445 g/mol. The number of hydrogen-bond donors (Lipinski definition) is 1. The molecule has 3 saturated carbocycles. The number of alkyl halides is 3. The maximum Gasteiger partial charge on any atom is 0.417 e. The van der Waals surface area contributed by atoms with Gasteiger partial charge >= 0.3 is 6.18 Å². The van der Waals surface area contributed by atoms with E-state index in [0.717, 1.165) is 43.9 Å². The number of nitrogens with zero attached hydrogens (tertiary/aromatic N) is 1. The van der Waals surface area contributed by atoms with Crippen molar-refractivity contribution in [2.75, 3.05) is 0 Å². The molecule has 0 aromatic heterocycles. The van der Waals surface area contributed by atoms with Crippen molar-refractivity contribution in [2.24, 2.45) is 5.92 Å². The van der Waals surface area contributed by atoms with Crippen LogP contribution in [0.5, 0.6) is 0 Å². The molecule has 0 heterocycles. The Morgan fingerprint density at radius 3 is 2.41 bits per heavy atom. The van der Waals surface area contributed by atoms with Crippen LogP contribution in [0.3, 0.4) is 0 Å². The maximum absolute atomic E-state index is 13.5. The number of benzene rings is 1. The van der Waals surface area contributed by atoms with E-state index in [1.54, 1.807) is 0 Å². The Kier molecular flexibility index (Phi) is 6.01. The van der Waals surface area contributed by atoms with E-state index in [4.69, 9.17) is 4.74 Å². The number of halogens is 3. The molecule has 1 unspecified atom stereocenters. The average Bonchev–Trinajstić information content (AvgIpc) is 3.13. The minimum atomic E-state index is -4.82. The van der Waals surface area contributed by atoms with Crippen LogP contribution in [0.4, 0.5) is 13.2 Å². The summed E-state index contributed by atoms with van der Waals surface area (Å²) >= 11 is 0. The largest absolute Gasteiger partial charge is 0.417 e. The van der Waals surface area contributed by atoms with E-state index in [0.29, 0.717) is 12.8 Å². The lowest BCUT2D eigenvalue weighted by atomic mass is 10.0. The molecule has 4 rings (SSSR count). The monoisotopic (exact) mass is 470 g/mol. The lowest BCUT2D eigenvalue weighted by Crippen LogP contribution is -2.43. The number of nitriles is 1. The Bertz CT molecular complexity index is 1020. The number of sulfone groups is 1. The number of rotatable bonds is 6. The van der Waals surface area contributed by atoms with Crippen LogP contribution in [0.15, 0.2) is 29.2 Å². The predicted molar refractivity (Wildman–Crippen MR) is 108 cm³/mol. The molecule has 3 atom stereocenters. The highest BCUT2D eigenvalue weighted by Gasteiger charge is 2.51. The van der Waals surface area contributed by atoms with E-state index in [1.165, 1.54) is 6.07 Å². The van der Waals surface area contributed by atoms with Crippen LogP contribution >= 0.6 is 0 Å². The standard InChI is InChI=1S/C22H25F3N2O4S/c23-22(24,25)17-7-3-4-8-19(17)32(29,30)15-11-16(20(28)27-21(13-26)9-10-21)18(12-15)31-14-5-1-2-6-14/h3-4,7-8,14-16,18H,1-2,5-6,9-12H2,(H,27,28)/t15-,16?,18-/m0/s1. The van der Waals surface area contributed by atoms with Crippen molar-refractivity contribution in [1.29, 1.82) is 5.26 Å². The number of ether oxygens (including phenoxy) is 1. The highest BCUT2D eigenvalue weighted by molar-refractivity contribution is 7.92. The summed E-state index contributed by atoms with van der Waals surface area (Å²) in [6.45, 7) is 0. The summed E-state index contributed by atoms with van der Waals surface area (Å²) in [7, 11) is -4.36. The van der Waals surface area contributed by atoms with E-state index < -0.39 is 55.2 Å². The highest BCUT2D eigenvalue weighted by atomic mass is 32.2. The summed E-state index contributed by atoms with van der Waals surface area (Å²) in [5.41, 5.74) is -2.13. The van der Waals surface area contributed by atoms with Gasteiger partial charge in [-0.05, 0) is 50.7 Å². The molecule has 0 saturated heterocycles. The van der Waals surface area contributed by atoms with Crippen molar-refractivity contribution < 1.29 is 31.1 Å². The van der Waals surface area contributed by atoms with Crippen molar-refractivity contribution in [3.8, 4) is 6.07 Å². The summed E-state index contributed by atoms with van der Waals surface area (Å²) in [5.74, 6) is -1.30. The van der Waals surface area contributed by atoms with Crippen molar-refractivity contribution in [1.82, 2.24) is 5.32 Å². The number of amides is 1. The lowest BCUT2D eigenvalue weighted by Gasteiger charge is -2.24. The first kappa shape index (κ1) is 23.1. The average molecular weight is 471 g/mol. The molecule has 1 aromatic rings. The van der Waals surface area contributed by atoms with Gasteiger partial charge in [-0.3, -0.25) is 4.79 Å². The van der Waals surface area contributed by atoms with Gasteiger partial charge in [-0.25, -0.2) is 8.42 Å². The smallest absolute Gasteiger partial charge is 0.374 e. The van der Waals surface area contributed by atoms with E-state index in [9.17, 15) is 31.6 Å². The van der Waals surface area contributed by atoms with Gasteiger partial charge in [0.2, 0.25) is 5.91 Å². The molecule has 10 heteroatoms. The highest BCUT2D eigenvalue weighted by Crippen LogP contribution is 2.42. The number of carbonyl (C=O) groups excluding carboxylic acids is 1. The van der Waals surface area contributed by atoms with Gasteiger partial charge < -0.3 is 10.1 Å². The van der Waals surface area contributed by atoms with Gasteiger partial charge in [0.1, 0.15) is 5.54 Å². The molecule has 3 fully saturated rings. The molecule has 174 valence electrons. The molecular formula is C22H25F3N2O4S. The summed E-state index contributed by atoms with van der Waals surface area (Å²) in [6.07, 6.45) is -1.20. The molecule has 3 aliphatic rings. The van der Waals surface area contributed by atoms with Crippen LogP contribution in [-0.2, 0) is 25.5 Å². The third kappa shape index (κ3) is 4.50. The SMILES string of the molecule is N#CC1(NC(=O)C2C[C@H](S(=O)(=O)c3ccccc3C(F)(F)F)C[C@@H]2OC2CCCC2)CC1. The maximum atomic E-state index is 13.5. The topological polar surface area (TPSA) is 96.3 Å². The van der Waals surface area contributed by atoms with Crippen LogP contribution in [0, 0.1) is 17.2 Å². The Labute approximate surface area is 185 Å². The predicted octanol–water partition coefficient (Wildman–Crippen LogP) is 3.76. The molecule has 1 amide bonds. The zero-order chi connectivity index (χ0) is 23.1. The van der Waals surface area contributed by atoms with Crippen molar-refractivity contribution in [2.45, 2.75) is 85.4 Å². The van der Waals surface area contributed by atoms with Crippen molar-refractivity contribution in [3.05, 3.63) is 29.8 Å². The molecule has 0 aliphatic heterocycles. The van der Waals surface area contributed by atoms with Gasteiger partial charge in [0, 0.05) is 0 Å². The van der Waals surface area contributed by atoms with E-state index >= 15 is 0 Å². The fraction of sp³-hybridized carbons (Fsp3) is 0.636. The van der Waals surface area contributed by atoms with Gasteiger partial charge in [-0.1, -0.05) is 25.0 Å². The van der Waals surface area contributed by atoms with E-state index in [2.05, 4.69) is 11.4 Å². The molecule has 0 bridgehead atoms. The molecule has 3 aliphatic carbocycles. The zero-order valence-electron chi connectivity index (χ0n) is 17.4. The zero-order valence-corrected chi connectivity index (χ0v) is 18.2. The first-order chi connectivity index (χ1) is 15.1. The van der Waals surface area contributed by atoms with Crippen molar-refractivity contribution >= 4 is 15.7 Å². The fourth-order valence-corrected chi connectivity index (χ4v) is 6.77. The second-order valence-electron chi connectivity index (χ2n) is 9.00. The Morgan fingerprint density at radius 1 is 1.16 bits per heavy atom. The summed E-state index contributed by atoms with van der Waals surface area (Å²) < 4.78 is 73.0. The van der Waals surface area contributed by atoms with Crippen LogP contribution < -0.4 is 5.32 Å². The number of carbonyl (C=O) groups is 1. The Hall–Kier alpha value is -2.12. The third-order valence-electron chi connectivity index (χ3n) is 6.73. The molecule has 0 spiro atoms. The van der Waals surface area contributed by atoms with E-state index in [-0.39, 0.29) is 18.9 Å². The molecule has 6 nitrogen and oxygen atoms in total. The minimum absolute atomic E-state index is 0.0529. The van der Waals surface area contributed by atoms with Gasteiger partial charge in [0.25, 0.3) is 0 Å². The molecule has 32 heavy (non-hydrogen) atoms. The van der Waals surface area contributed by atoms with Crippen LogP contribution in [0.25, 0.3) is 0 Å². The lowest BCUT2D eigenvalue weighted by molar-refractivity contribution is -0.140. The Morgan fingerprint density at radius 2 is 1.81 bits per heavy atom. The van der Waals surface area contributed by atoms with Crippen LogP contribution in [0.1, 0.15) is 56.9 Å². The first-order valence-corrected chi connectivity index (χ1v) is 12.4. The number of nitrogens with one attached hydrogen (secondary N) is 1. The summed E-state index contributed by atoms with van der Waals surface area (Å²) in [5, 5.41) is 10.8. The van der Waals surface area contributed by atoms with Crippen molar-refractivity contribution in [3.63, 3.8) is 0 Å². The van der Waals surface area contributed by atoms with Crippen LogP contribution in [0.2, 0.25) is 0 Å². The fourth-order valence-electron chi connectivity index (χ4n) is 4.75. The summed E-state index contributed by atoms with van der Waals surface area (Å²) in [6, 6.07) is 6.20. The summed E-state index contributed by atoms with van der Waals surface area (Å²) in [4.78, 5) is 12.2. The Balaban J connectivity index is 1.61. The quantitative estimate of drug-likeness (QED) is 0.683. The van der Waals surface area contributed by atoms with Gasteiger partial charge in [0.15, 0.2) is 9.84 Å². The minimum Gasteiger partial charge on any atom is -0.374 e. The van der Waals surface area contributed by atoms with Gasteiger partial charge in [-0.2, -0.15) is 18.4 Å². The van der Waals surface area contributed by atoms with E-state index in [1.807, 2.05) is 0 Å². The second kappa shape index (κ2) is 8.34. The van der Waals surface area contributed by atoms with Crippen LogP contribution in [-0.4, -0.2) is 37.3 Å². The third-order valence-corrected chi connectivity index (χ3v) is 8.96. The molecule has 1 N–H and O–H groups in total. The van der Waals surface area contributed by atoms with Gasteiger partial charge in [0.05, 0.1) is 39.9 Å². The molecule has 0 radical (unpaired) electrons. The number of hydrogen-bond acceptors (Lipinski definition) is 5. The second-order valence-corrected chi connectivity index (χ2v) is 11.2.